The van der Waals surface area contributed by atoms with Gasteiger partial charge in [0.05, 0.1) is 25.0 Å². The zero-order valence-electron chi connectivity index (χ0n) is 14.3. The fourth-order valence-corrected chi connectivity index (χ4v) is 4.54. The van der Waals surface area contributed by atoms with E-state index >= 15 is 0 Å². The molecule has 0 radical (unpaired) electrons. The first-order chi connectivity index (χ1) is 12.7. The molecule has 4 nitrogen and oxygen atoms in total. The number of carbonyl (C=O) groups excluding carboxylic acids is 1. The molecule has 6 heteroatoms. The minimum atomic E-state index is -0.0903. The van der Waals surface area contributed by atoms with Crippen LogP contribution < -0.4 is 5.32 Å². The maximum atomic E-state index is 12.6. The van der Waals surface area contributed by atoms with Gasteiger partial charge in [-0.2, -0.15) is 0 Å². The number of rotatable bonds is 3. The zero-order chi connectivity index (χ0) is 17.9. The molecule has 2 aromatic rings. The summed E-state index contributed by atoms with van der Waals surface area (Å²) in [7, 11) is 0. The van der Waals surface area contributed by atoms with Gasteiger partial charge in [-0.25, -0.2) is 0 Å². The van der Waals surface area contributed by atoms with E-state index in [1.807, 2.05) is 24.3 Å². The van der Waals surface area contributed by atoms with E-state index in [4.69, 9.17) is 17.0 Å². The molecule has 1 aliphatic carbocycles. The summed E-state index contributed by atoms with van der Waals surface area (Å²) in [6.45, 7) is 3.00. The molecule has 0 spiro atoms. The summed E-state index contributed by atoms with van der Waals surface area (Å²) < 4.78 is 6.11. The lowest BCUT2D eigenvalue weighted by atomic mass is 10.1. The molecule has 1 heterocycles. The van der Waals surface area contributed by atoms with Crippen molar-refractivity contribution in [2.75, 3.05) is 32.1 Å². The molecule has 2 aliphatic rings. The van der Waals surface area contributed by atoms with Crippen LogP contribution in [0.4, 0.5) is 0 Å². The van der Waals surface area contributed by atoms with Crippen LogP contribution in [-0.2, 0) is 9.53 Å². The van der Waals surface area contributed by atoms with Crippen LogP contribution in [0.3, 0.4) is 0 Å². The largest absolute Gasteiger partial charge is 0.378 e. The van der Waals surface area contributed by atoms with E-state index in [1.54, 1.807) is 0 Å². The maximum absolute atomic E-state index is 12.6. The fraction of sp³-hybridized carbons (Fsp3) is 0.300. The molecule has 0 bridgehead atoms. The van der Waals surface area contributed by atoms with Crippen LogP contribution in [0.1, 0.15) is 17.2 Å². The number of morpholine rings is 1. The summed E-state index contributed by atoms with van der Waals surface area (Å²) in [6.07, 6.45) is 0. The normalized spacial score (nSPS) is 16.1. The monoisotopic (exact) mass is 384 g/mol. The second-order valence-corrected chi connectivity index (χ2v) is 7.94. The number of nitrogens with one attached hydrogen (secondary N) is 1. The average Bonchev–Trinajstić information content (AvgIpc) is 3.01. The van der Waals surface area contributed by atoms with Crippen LogP contribution in [0.25, 0.3) is 11.1 Å². The number of fused-ring (bicyclic) bond motifs is 3. The summed E-state index contributed by atoms with van der Waals surface area (Å²) >= 11 is 6.88. The first-order valence-corrected chi connectivity index (χ1v) is 10.1. The van der Waals surface area contributed by atoms with E-state index in [0.717, 1.165) is 28.5 Å². The summed E-state index contributed by atoms with van der Waals surface area (Å²) in [5.74, 6) is 0.332. The van der Waals surface area contributed by atoms with Crippen molar-refractivity contribution in [2.24, 2.45) is 0 Å². The van der Waals surface area contributed by atoms with Gasteiger partial charge < -0.3 is 15.0 Å². The summed E-state index contributed by atoms with van der Waals surface area (Å²) in [4.78, 5) is 14.7. The molecule has 26 heavy (non-hydrogen) atoms. The molecule has 2 aromatic carbocycles. The lowest BCUT2D eigenvalue weighted by Crippen LogP contribution is -2.39. The summed E-state index contributed by atoms with van der Waals surface area (Å²) in [5, 5.41) is 3.19. The quantitative estimate of drug-likeness (QED) is 0.823. The number of hydrogen-bond donors (Lipinski definition) is 1. The van der Waals surface area contributed by atoms with Crippen molar-refractivity contribution in [3.63, 3.8) is 0 Å². The van der Waals surface area contributed by atoms with Crippen LogP contribution in [0, 0.1) is 0 Å². The topological polar surface area (TPSA) is 41.6 Å². The van der Waals surface area contributed by atoms with Gasteiger partial charge in [-0.1, -0.05) is 72.5 Å². The molecule has 0 saturated carbocycles. The van der Waals surface area contributed by atoms with Gasteiger partial charge in [0.25, 0.3) is 0 Å². The second-order valence-electron chi connectivity index (χ2n) is 6.33. The van der Waals surface area contributed by atoms with Crippen molar-refractivity contribution in [3.05, 3.63) is 59.7 Å². The standard InChI is InChI=1S/C20H20N2O2S2/c23-18(13-26-20(25)22-9-11-24-12-10-22)21-19-16-7-3-1-5-14(16)15-6-2-4-8-17(15)19/h1-8,19H,9-13H2,(H,21,23). The molecule has 4 rings (SSSR count). The Balaban J connectivity index is 1.42. The first kappa shape index (κ1) is 17.5. The second kappa shape index (κ2) is 7.78. The number of hydrogen-bond acceptors (Lipinski definition) is 4. The van der Waals surface area contributed by atoms with Crippen LogP contribution >= 0.6 is 24.0 Å². The Morgan fingerprint density at radius 2 is 1.65 bits per heavy atom. The van der Waals surface area contributed by atoms with Crippen LogP contribution in [0.5, 0.6) is 0 Å². The van der Waals surface area contributed by atoms with Crippen LogP contribution in [-0.4, -0.2) is 47.2 Å². The Kier molecular flexibility index (Phi) is 5.24. The fourth-order valence-electron chi connectivity index (χ4n) is 3.48. The Hall–Kier alpha value is -1.89. The summed E-state index contributed by atoms with van der Waals surface area (Å²) in [6, 6.07) is 16.4. The SMILES string of the molecule is O=C(CSC(=S)N1CCOCC1)NC1c2ccccc2-c2ccccc21. The maximum Gasteiger partial charge on any atom is 0.231 e. The van der Waals surface area contributed by atoms with Gasteiger partial charge in [-0.15, -0.1) is 0 Å². The van der Waals surface area contributed by atoms with Crippen molar-refractivity contribution in [1.29, 1.82) is 0 Å². The highest BCUT2D eigenvalue weighted by Crippen LogP contribution is 2.42. The summed E-state index contributed by atoms with van der Waals surface area (Å²) in [5.41, 5.74) is 4.71. The lowest BCUT2D eigenvalue weighted by molar-refractivity contribution is -0.119. The number of carbonyl (C=O) groups is 1. The molecule has 0 unspecified atom stereocenters. The Morgan fingerprint density at radius 1 is 1.08 bits per heavy atom. The Bertz CT molecular complexity index is 789. The van der Waals surface area contributed by atoms with E-state index in [1.165, 1.54) is 22.9 Å². The Morgan fingerprint density at radius 3 is 2.27 bits per heavy atom. The van der Waals surface area contributed by atoms with Crippen molar-refractivity contribution < 1.29 is 9.53 Å². The predicted molar refractivity (Wildman–Crippen MR) is 109 cm³/mol. The molecular formula is C20H20N2O2S2. The highest BCUT2D eigenvalue weighted by Gasteiger charge is 2.29. The zero-order valence-corrected chi connectivity index (χ0v) is 15.9. The predicted octanol–water partition coefficient (Wildman–Crippen LogP) is 3.22. The van der Waals surface area contributed by atoms with Crippen LogP contribution in [0.15, 0.2) is 48.5 Å². The first-order valence-electron chi connectivity index (χ1n) is 8.71. The molecule has 1 amide bonds. The number of benzene rings is 2. The number of thiocarbonyl (C=S) groups is 1. The van der Waals surface area contributed by atoms with Gasteiger partial charge in [0.15, 0.2) is 0 Å². The highest BCUT2D eigenvalue weighted by atomic mass is 32.2. The van der Waals surface area contributed by atoms with E-state index in [2.05, 4.69) is 34.5 Å². The van der Waals surface area contributed by atoms with E-state index in [-0.39, 0.29) is 11.9 Å². The smallest absolute Gasteiger partial charge is 0.231 e. The average molecular weight is 385 g/mol. The van der Waals surface area contributed by atoms with E-state index in [0.29, 0.717) is 19.0 Å². The molecule has 1 fully saturated rings. The minimum absolute atomic E-state index is 0.00196. The Labute approximate surface area is 162 Å². The van der Waals surface area contributed by atoms with Crippen molar-refractivity contribution >= 4 is 34.2 Å². The number of amides is 1. The van der Waals surface area contributed by atoms with Gasteiger partial charge in [-0.3, -0.25) is 4.79 Å². The molecule has 0 aromatic heterocycles. The van der Waals surface area contributed by atoms with E-state index in [9.17, 15) is 4.79 Å². The van der Waals surface area contributed by atoms with Gasteiger partial charge in [0, 0.05) is 13.1 Å². The van der Waals surface area contributed by atoms with Gasteiger partial charge in [0.1, 0.15) is 4.32 Å². The third-order valence-corrected chi connectivity index (χ3v) is 6.26. The molecule has 1 saturated heterocycles. The molecule has 1 N–H and O–H groups in total. The molecule has 1 aliphatic heterocycles. The van der Waals surface area contributed by atoms with Crippen molar-refractivity contribution in [3.8, 4) is 11.1 Å². The molecular weight excluding hydrogens is 364 g/mol. The van der Waals surface area contributed by atoms with Crippen molar-refractivity contribution in [2.45, 2.75) is 6.04 Å². The molecule has 134 valence electrons. The van der Waals surface area contributed by atoms with Gasteiger partial charge >= 0.3 is 0 Å². The highest BCUT2D eigenvalue weighted by molar-refractivity contribution is 8.23. The number of nitrogens with zero attached hydrogens (tertiary/aromatic N) is 1. The lowest BCUT2D eigenvalue weighted by Gasteiger charge is -2.28. The number of ether oxygens (including phenoxy) is 1. The van der Waals surface area contributed by atoms with Crippen LogP contribution in [0.2, 0.25) is 0 Å². The minimum Gasteiger partial charge on any atom is -0.378 e. The molecule has 0 atom stereocenters. The third kappa shape index (κ3) is 3.49. The third-order valence-electron chi connectivity index (χ3n) is 4.74. The van der Waals surface area contributed by atoms with Crippen molar-refractivity contribution in [1.82, 2.24) is 10.2 Å². The van der Waals surface area contributed by atoms with E-state index < -0.39 is 0 Å². The van der Waals surface area contributed by atoms with Gasteiger partial charge in [-0.05, 0) is 22.3 Å². The van der Waals surface area contributed by atoms with Gasteiger partial charge in [0.2, 0.25) is 5.91 Å². The number of thioether (sulfide) groups is 1.